The van der Waals surface area contributed by atoms with Crippen LogP contribution in [0, 0.1) is 0 Å². The molecule has 2 N–H and O–H groups in total. The van der Waals surface area contributed by atoms with Crippen LogP contribution in [0.25, 0.3) is 22.3 Å². The van der Waals surface area contributed by atoms with E-state index in [0.29, 0.717) is 12.1 Å². The number of thioether (sulfide) groups is 1. The number of rotatable bonds is 6. The second-order valence-electron chi connectivity index (χ2n) is 8.26. The molecule has 2 aromatic heterocycles. The molecule has 29 heavy (non-hydrogen) atoms. The average Bonchev–Trinajstić information content (AvgIpc) is 3.36. The molecular formula is C22H27N5OS. The van der Waals surface area contributed by atoms with Crippen LogP contribution in [0.15, 0.2) is 35.6 Å². The molecule has 1 unspecified atom stereocenters. The maximum Gasteiger partial charge on any atom is 0.233 e. The number of carbonyl (C=O) groups is 1. The summed E-state index contributed by atoms with van der Waals surface area (Å²) in [6.45, 7) is 1.97. The van der Waals surface area contributed by atoms with Crippen molar-refractivity contribution < 1.29 is 4.79 Å². The minimum atomic E-state index is -0.186. The fraction of sp³-hybridized carbons (Fsp3) is 0.500. The van der Waals surface area contributed by atoms with Crippen LogP contribution in [0.3, 0.4) is 0 Å². The first-order valence-electron chi connectivity index (χ1n) is 10.7. The number of amides is 1. The minimum absolute atomic E-state index is 0.112. The third kappa shape index (κ3) is 3.80. The number of hydrogen-bond acceptors (Lipinski definition) is 4. The Morgan fingerprint density at radius 3 is 2.76 bits per heavy atom. The molecule has 0 saturated heterocycles. The lowest BCUT2D eigenvalue weighted by Crippen LogP contribution is -2.40. The molecule has 2 aliphatic carbocycles. The van der Waals surface area contributed by atoms with Gasteiger partial charge in [0.15, 0.2) is 11.0 Å². The maximum absolute atomic E-state index is 12.7. The summed E-state index contributed by atoms with van der Waals surface area (Å²) in [7, 11) is 0. The third-order valence-electron chi connectivity index (χ3n) is 6.01. The first-order chi connectivity index (χ1) is 14.2. The Morgan fingerprint density at radius 1 is 1.17 bits per heavy atom. The van der Waals surface area contributed by atoms with Crippen molar-refractivity contribution in [2.24, 2.45) is 0 Å². The molecule has 3 aromatic rings. The smallest absolute Gasteiger partial charge is 0.233 e. The van der Waals surface area contributed by atoms with Gasteiger partial charge < -0.3 is 10.3 Å². The zero-order valence-corrected chi connectivity index (χ0v) is 17.5. The SMILES string of the molecule is CC(Sc1nnc(-c2c[nH]c3ccccc23)n1C1CC1)C(=O)NC1CCCCC1. The quantitative estimate of drug-likeness (QED) is 0.579. The Balaban J connectivity index is 1.38. The van der Waals surface area contributed by atoms with E-state index in [1.807, 2.05) is 25.3 Å². The molecule has 152 valence electrons. The van der Waals surface area contributed by atoms with Crippen LogP contribution in [0.2, 0.25) is 0 Å². The molecule has 0 aliphatic heterocycles. The lowest BCUT2D eigenvalue weighted by Gasteiger charge is -2.24. The normalized spacial score (nSPS) is 18.8. The minimum Gasteiger partial charge on any atom is -0.360 e. The predicted octanol–water partition coefficient (Wildman–Crippen LogP) is 4.69. The van der Waals surface area contributed by atoms with Gasteiger partial charge in [-0.15, -0.1) is 10.2 Å². The molecule has 2 heterocycles. The molecule has 2 saturated carbocycles. The van der Waals surface area contributed by atoms with E-state index in [1.165, 1.54) is 31.0 Å². The van der Waals surface area contributed by atoms with E-state index in [2.05, 4.69) is 37.2 Å². The molecule has 0 bridgehead atoms. The van der Waals surface area contributed by atoms with Crippen LogP contribution >= 0.6 is 11.8 Å². The summed E-state index contributed by atoms with van der Waals surface area (Å²) >= 11 is 1.53. The standard InChI is InChI=1S/C22H27N5OS/c1-14(21(28)24-15-7-3-2-4-8-15)29-22-26-25-20(27(22)16-11-12-16)18-13-23-19-10-6-5-9-17(18)19/h5-6,9-10,13-16,23H,2-4,7-8,11-12H2,1H3,(H,24,28). The Labute approximate surface area is 174 Å². The fourth-order valence-electron chi connectivity index (χ4n) is 4.24. The first kappa shape index (κ1) is 18.7. The van der Waals surface area contributed by atoms with Crippen LogP contribution in [0.1, 0.15) is 57.9 Å². The maximum atomic E-state index is 12.7. The van der Waals surface area contributed by atoms with Crippen molar-refractivity contribution >= 4 is 28.6 Å². The Bertz CT molecular complexity index is 1020. The lowest BCUT2D eigenvalue weighted by molar-refractivity contribution is -0.121. The molecule has 1 atom stereocenters. The Kier molecular flexibility index (Phi) is 5.08. The highest BCUT2D eigenvalue weighted by atomic mass is 32.2. The van der Waals surface area contributed by atoms with Crippen molar-refractivity contribution in [1.82, 2.24) is 25.1 Å². The summed E-state index contributed by atoms with van der Waals surface area (Å²) in [6.07, 6.45) is 10.2. The molecule has 7 heteroatoms. The number of nitrogens with one attached hydrogen (secondary N) is 2. The molecule has 0 radical (unpaired) electrons. The molecule has 1 aromatic carbocycles. The van der Waals surface area contributed by atoms with E-state index in [4.69, 9.17) is 0 Å². The van der Waals surface area contributed by atoms with Crippen molar-refractivity contribution in [2.75, 3.05) is 0 Å². The summed E-state index contributed by atoms with van der Waals surface area (Å²) in [4.78, 5) is 16.1. The molecule has 5 rings (SSSR count). The molecule has 6 nitrogen and oxygen atoms in total. The number of para-hydroxylation sites is 1. The van der Waals surface area contributed by atoms with Crippen molar-refractivity contribution in [3.8, 4) is 11.4 Å². The van der Waals surface area contributed by atoms with Gasteiger partial charge in [0.05, 0.1) is 5.25 Å². The van der Waals surface area contributed by atoms with Gasteiger partial charge in [-0.2, -0.15) is 0 Å². The summed E-state index contributed by atoms with van der Waals surface area (Å²) in [6, 6.07) is 9.03. The van der Waals surface area contributed by atoms with E-state index in [0.717, 1.165) is 53.1 Å². The first-order valence-corrected chi connectivity index (χ1v) is 11.6. The number of carbonyl (C=O) groups excluding carboxylic acids is 1. The van der Waals surface area contributed by atoms with Crippen LogP contribution in [-0.4, -0.2) is 36.9 Å². The number of aromatic amines is 1. The number of benzene rings is 1. The van der Waals surface area contributed by atoms with E-state index in [1.54, 1.807) is 0 Å². The van der Waals surface area contributed by atoms with Crippen molar-refractivity contribution in [2.45, 2.75) is 74.4 Å². The summed E-state index contributed by atoms with van der Waals surface area (Å²) in [5.74, 6) is 1.01. The molecule has 2 aliphatic rings. The van der Waals surface area contributed by atoms with Gasteiger partial charge in [0.1, 0.15) is 0 Å². The van der Waals surface area contributed by atoms with Gasteiger partial charge in [-0.3, -0.25) is 9.36 Å². The summed E-state index contributed by atoms with van der Waals surface area (Å²) < 4.78 is 2.24. The van der Waals surface area contributed by atoms with Gasteiger partial charge in [-0.05, 0) is 38.7 Å². The second-order valence-corrected chi connectivity index (χ2v) is 9.57. The van der Waals surface area contributed by atoms with Gasteiger partial charge in [-0.1, -0.05) is 49.2 Å². The van der Waals surface area contributed by atoms with Crippen molar-refractivity contribution in [1.29, 1.82) is 0 Å². The van der Waals surface area contributed by atoms with Crippen molar-refractivity contribution in [3.05, 3.63) is 30.5 Å². The highest BCUT2D eigenvalue weighted by Gasteiger charge is 2.32. The zero-order valence-electron chi connectivity index (χ0n) is 16.7. The Morgan fingerprint density at radius 2 is 1.97 bits per heavy atom. The van der Waals surface area contributed by atoms with Crippen molar-refractivity contribution in [3.63, 3.8) is 0 Å². The Hall–Kier alpha value is -2.28. The van der Waals surface area contributed by atoms with Gasteiger partial charge in [0, 0.05) is 34.7 Å². The largest absolute Gasteiger partial charge is 0.360 e. The monoisotopic (exact) mass is 409 g/mol. The van der Waals surface area contributed by atoms with Crippen LogP contribution in [0.5, 0.6) is 0 Å². The fourth-order valence-corrected chi connectivity index (χ4v) is 5.16. The van der Waals surface area contributed by atoms with Gasteiger partial charge >= 0.3 is 0 Å². The highest BCUT2D eigenvalue weighted by Crippen LogP contribution is 2.42. The van der Waals surface area contributed by atoms with E-state index in [9.17, 15) is 4.79 Å². The van der Waals surface area contributed by atoms with Crippen LogP contribution < -0.4 is 5.32 Å². The number of H-pyrrole nitrogens is 1. The number of nitrogens with zero attached hydrogens (tertiary/aromatic N) is 3. The van der Waals surface area contributed by atoms with E-state index >= 15 is 0 Å². The van der Waals surface area contributed by atoms with Gasteiger partial charge in [0.2, 0.25) is 5.91 Å². The van der Waals surface area contributed by atoms with E-state index in [-0.39, 0.29) is 11.2 Å². The topological polar surface area (TPSA) is 75.6 Å². The molecule has 0 spiro atoms. The number of hydrogen-bond donors (Lipinski definition) is 2. The number of aromatic nitrogens is 4. The van der Waals surface area contributed by atoms with Gasteiger partial charge in [-0.25, -0.2) is 0 Å². The average molecular weight is 410 g/mol. The highest BCUT2D eigenvalue weighted by molar-refractivity contribution is 8.00. The zero-order chi connectivity index (χ0) is 19.8. The van der Waals surface area contributed by atoms with E-state index < -0.39 is 0 Å². The number of fused-ring (bicyclic) bond motifs is 1. The summed E-state index contributed by atoms with van der Waals surface area (Å²) in [5.41, 5.74) is 2.17. The third-order valence-corrected chi connectivity index (χ3v) is 7.07. The molecule has 1 amide bonds. The molecule has 2 fully saturated rings. The second kappa shape index (κ2) is 7.86. The van der Waals surface area contributed by atoms with Crippen LogP contribution in [-0.2, 0) is 4.79 Å². The molecular weight excluding hydrogens is 382 g/mol. The van der Waals surface area contributed by atoms with Gasteiger partial charge in [0.25, 0.3) is 0 Å². The van der Waals surface area contributed by atoms with Crippen LogP contribution in [0.4, 0.5) is 0 Å². The summed E-state index contributed by atoms with van der Waals surface area (Å²) in [5, 5.41) is 14.1. The predicted molar refractivity (Wildman–Crippen MR) is 116 cm³/mol. The lowest BCUT2D eigenvalue weighted by atomic mass is 9.95.